The lowest BCUT2D eigenvalue weighted by Crippen LogP contribution is -2.36. The fraction of sp³-hybridized carbons (Fsp3) is 0.750. The van der Waals surface area contributed by atoms with Crippen molar-refractivity contribution in [1.82, 2.24) is 10.6 Å². The molecule has 3 saturated carbocycles. The fourth-order valence-corrected chi connectivity index (χ4v) is 5.39. The first-order chi connectivity index (χ1) is 9.74. The summed E-state index contributed by atoms with van der Waals surface area (Å²) in [5.74, 6) is 4.54. The molecule has 6 atom stereocenters. The van der Waals surface area contributed by atoms with E-state index in [4.69, 9.17) is 0 Å². The van der Waals surface area contributed by atoms with Gasteiger partial charge >= 0.3 is 0 Å². The molecule has 4 nitrogen and oxygen atoms in total. The summed E-state index contributed by atoms with van der Waals surface area (Å²) >= 11 is 0. The second kappa shape index (κ2) is 5.58. The van der Waals surface area contributed by atoms with Crippen LogP contribution in [0.25, 0.3) is 0 Å². The third-order valence-corrected chi connectivity index (χ3v) is 5.98. The van der Waals surface area contributed by atoms with Gasteiger partial charge in [-0.1, -0.05) is 6.58 Å². The topological polar surface area (TPSA) is 58.2 Å². The molecule has 2 bridgehead atoms. The molecule has 3 rings (SSSR count). The van der Waals surface area contributed by atoms with Crippen LogP contribution in [0.1, 0.15) is 25.7 Å². The Bertz CT molecular complexity index is 409. The Hall–Kier alpha value is -1.32. The molecular weight excluding hydrogens is 252 g/mol. The van der Waals surface area contributed by atoms with Gasteiger partial charge in [0.15, 0.2) is 0 Å². The highest BCUT2D eigenvalue weighted by atomic mass is 16.1. The zero-order valence-corrected chi connectivity index (χ0v) is 11.9. The summed E-state index contributed by atoms with van der Waals surface area (Å²) in [5.41, 5.74) is 0. The van der Waals surface area contributed by atoms with Crippen LogP contribution in [-0.2, 0) is 9.59 Å². The van der Waals surface area contributed by atoms with Crippen LogP contribution in [0.4, 0.5) is 0 Å². The average molecular weight is 276 g/mol. The molecular formula is C16H24N2O2. The summed E-state index contributed by atoms with van der Waals surface area (Å²) in [5, 5.41) is 5.84. The Morgan fingerprint density at radius 1 is 1.15 bits per heavy atom. The summed E-state index contributed by atoms with van der Waals surface area (Å²) in [6.45, 7) is 5.16. The number of carbonyl (C=O) groups is 2. The van der Waals surface area contributed by atoms with E-state index >= 15 is 0 Å². The van der Waals surface area contributed by atoms with Crippen LogP contribution < -0.4 is 10.6 Å². The Labute approximate surface area is 120 Å². The second-order valence-electron chi connectivity index (χ2n) is 6.71. The van der Waals surface area contributed by atoms with Gasteiger partial charge in [0.2, 0.25) is 12.3 Å². The minimum absolute atomic E-state index is 0.0520. The van der Waals surface area contributed by atoms with Crippen molar-refractivity contribution in [3.05, 3.63) is 12.7 Å². The van der Waals surface area contributed by atoms with Gasteiger partial charge < -0.3 is 10.6 Å². The normalized spacial score (nSPS) is 41.2. The van der Waals surface area contributed by atoms with E-state index in [0.717, 1.165) is 43.2 Å². The molecule has 0 aromatic heterocycles. The van der Waals surface area contributed by atoms with Gasteiger partial charge in [-0.2, -0.15) is 0 Å². The van der Waals surface area contributed by atoms with Crippen molar-refractivity contribution in [2.45, 2.75) is 25.7 Å². The maximum Gasteiger partial charge on any atom is 0.243 e. The van der Waals surface area contributed by atoms with E-state index in [9.17, 15) is 9.59 Å². The first kappa shape index (κ1) is 13.7. The van der Waals surface area contributed by atoms with Crippen LogP contribution in [0.3, 0.4) is 0 Å². The molecule has 0 aromatic rings. The molecule has 3 fully saturated rings. The van der Waals surface area contributed by atoms with Crippen LogP contribution >= 0.6 is 0 Å². The van der Waals surface area contributed by atoms with Gasteiger partial charge in [-0.15, -0.1) is 0 Å². The van der Waals surface area contributed by atoms with Crippen LogP contribution in [0, 0.1) is 35.5 Å². The predicted octanol–water partition coefficient (Wildman–Crippen LogP) is 1.33. The number of nitrogens with one attached hydrogen (secondary N) is 2. The summed E-state index contributed by atoms with van der Waals surface area (Å²) in [6.07, 6.45) is 7.33. The van der Waals surface area contributed by atoms with Crippen LogP contribution in [-0.4, -0.2) is 25.4 Å². The van der Waals surface area contributed by atoms with E-state index in [1.807, 2.05) is 0 Å². The number of carbonyl (C=O) groups excluding carboxylic acids is 2. The third kappa shape index (κ3) is 2.25. The first-order valence-electron chi connectivity index (χ1n) is 7.82. The number of amides is 2. The summed E-state index contributed by atoms with van der Waals surface area (Å²) in [7, 11) is 0. The number of rotatable bonds is 6. The van der Waals surface area contributed by atoms with Crippen molar-refractivity contribution < 1.29 is 9.59 Å². The number of fused-ring (bicyclic) bond motifs is 5. The highest BCUT2D eigenvalue weighted by Gasteiger charge is 2.56. The number of hydrogen-bond donors (Lipinski definition) is 2. The van der Waals surface area contributed by atoms with Gasteiger partial charge in [-0.3, -0.25) is 9.59 Å². The van der Waals surface area contributed by atoms with Crippen LogP contribution in [0.5, 0.6) is 0 Å². The summed E-state index contributed by atoms with van der Waals surface area (Å²) in [4.78, 5) is 21.8. The highest BCUT2D eigenvalue weighted by Crippen LogP contribution is 2.62. The van der Waals surface area contributed by atoms with E-state index in [2.05, 4.69) is 17.2 Å². The molecule has 0 aliphatic heterocycles. The highest BCUT2D eigenvalue weighted by molar-refractivity contribution is 5.86. The molecule has 0 radical (unpaired) electrons. The fourth-order valence-electron chi connectivity index (χ4n) is 5.39. The molecule has 0 aromatic carbocycles. The minimum atomic E-state index is -0.0520. The Kier molecular flexibility index (Phi) is 3.81. The molecule has 3 aliphatic rings. The lowest BCUT2D eigenvalue weighted by molar-refractivity contribution is -0.116. The molecule has 6 unspecified atom stereocenters. The molecule has 0 heterocycles. The van der Waals surface area contributed by atoms with Gasteiger partial charge in [0.1, 0.15) is 0 Å². The summed E-state index contributed by atoms with van der Waals surface area (Å²) < 4.78 is 0. The monoisotopic (exact) mass is 276 g/mol. The van der Waals surface area contributed by atoms with Gasteiger partial charge in [0.05, 0.1) is 0 Å². The van der Waals surface area contributed by atoms with Crippen LogP contribution in [0.15, 0.2) is 12.7 Å². The van der Waals surface area contributed by atoms with Crippen LogP contribution in [0.2, 0.25) is 0 Å². The van der Waals surface area contributed by atoms with E-state index < -0.39 is 0 Å². The number of hydrogen-bond acceptors (Lipinski definition) is 2. The first-order valence-corrected chi connectivity index (χ1v) is 7.82. The third-order valence-electron chi connectivity index (χ3n) is 5.98. The SMILES string of the molecule is C=CC(=O)NCC1CC2CC1C1CCC(CNC=O)C21. The van der Waals surface area contributed by atoms with Gasteiger partial charge in [-0.05, 0) is 67.3 Å². The molecule has 2 N–H and O–H groups in total. The van der Waals surface area contributed by atoms with Gasteiger partial charge in [0, 0.05) is 13.1 Å². The largest absolute Gasteiger partial charge is 0.358 e. The maximum absolute atomic E-state index is 11.3. The lowest BCUT2D eigenvalue weighted by Gasteiger charge is -2.34. The molecule has 110 valence electrons. The zero-order valence-electron chi connectivity index (χ0n) is 11.9. The molecule has 0 spiro atoms. The zero-order chi connectivity index (χ0) is 14.1. The van der Waals surface area contributed by atoms with Crippen molar-refractivity contribution in [1.29, 1.82) is 0 Å². The van der Waals surface area contributed by atoms with Crippen molar-refractivity contribution >= 4 is 12.3 Å². The van der Waals surface area contributed by atoms with Crippen molar-refractivity contribution in [2.75, 3.05) is 13.1 Å². The molecule has 3 aliphatic carbocycles. The van der Waals surface area contributed by atoms with Gasteiger partial charge in [0.25, 0.3) is 0 Å². The lowest BCUT2D eigenvalue weighted by atomic mass is 9.73. The quantitative estimate of drug-likeness (QED) is 0.568. The average Bonchev–Trinajstić information content (AvgIpc) is 3.13. The smallest absolute Gasteiger partial charge is 0.243 e. The maximum atomic E-state index is 11.3. The minimum Gasteiger partial charge on any atom is -0.358 e. The second-order valence-corrected chi connectivity index (χ2v) is 6.71. The Morgan fingerprint density at radius 3 is 2.75 bits per heavy atom. The predicted molar refractivity (Wildman–Crippen MR) is 76.7 cm³/mol. The van der Waals surface area contributed by atoms with E-state index in [1.54, 1.807) is 0 Å². The van der Waals surface area contributed by atoms with Crippen molar-refractivity contribution in [2.24, 2.45) is 35.5 Å². The van der Waals surface area contributed by atoms with E-state index in [0.29, 0.717) is 11.8 Å². The molecule has 2 amide bonds. The molecule has 4 heteroatoms. The van der Waals surface area contributed by atoms with Crippen molar-refractivity contribution in [3.63, 3.8) is 0 Å². The van der Waals surface area contributed by atoms with Crippen molar-refractivity contribution in [3.8, 4) is 0 Å². The van der Waals surface area contributed by atoms with E-state index in [-0.39, 0.29) is 5.91 Å². The molecule has 20 heavy (non-hydrogen) atoms. The standard InChI is InChI=1S/C16H24N2O2/c1-2-15(20)18-8-12-5-11-6-14(12)13-4-3-10(16(11)13)7-17-9-19/h2,9-14,16H,1,3-8H2,(H,17,19)(H,18,20). The Balaban J connectivity index is 1.57. The van der Waals surface area contributed by atoms with E-state index in [1.165, 1.54) is 31.8 Å². The molecule has 0 saturated heterocycles. The Morgan fingerprint density at radius 2 is 2.00 bits per heavy atom. The van der Waals surface area contributed by atoms with Gasteiger partial charge in [-0.25, -0.2) is 0 Å². The summed E-state index contributed by atoms with van der Waals surface area (Å²) in [6, 6.07) is 0.